The normalized spacial score (nSPS) is 11.2. The Kier molecular flexibility index (Phi) is 5.84. The first-order valence-corrected chi connectivity index (χ1v) is 11.5. The highest BCUT2D eigenvalue weighted by atomic mass is 32.1. The predicted molar refractivity (Wildman–Crippen MR) is 136 cm³/mol. The van der Waals surface area contributed by atoms with Crippen molar-refractivity contribution in [3.05, 3.63) is 111 Å². The molecule has 5 rings (SSSR count). The summed E-state index contributed by atoms with van der Waals surface area (Å²) in [5, 5.41) is 14.1. The van der Waals surface area contributed by atoms with Crippen molar-refractivity contribution in [2.75, 3.05) is 5.32 Å². The zero-order chi connectivity index (χ0) is 23.5. The van der Waals surface area contributed by atoms with E-state index in [0.29, 0.717) is 22.4 Å². The lowest BCUT2D eigenvalue weighted by Crippen LogP contribution is -2.12. The van der Waals surface area contributed by atoms with Crippen LogP contribution in [0.1, 0.15) is 42.7 Å². The number of nitrogens with zero attached hydrogens (tertiary/aromatic N) is 2. The van der Waals surface area contributed by atoms with Gasteiger partial charge in [-0.2, -0.15) is 5.10 Å². The van der Waals surface area contributed by atoms with Gasteiger partial charge in [0, 0.05) is 33.1 Å². The molecule has 7 heteroatoms. The molecule has 0 saturated heterocycles. The van der Waals surface area contributed by atoms with Crippen LogP contribution in [0.4, 0.5) is 5.69 Å². The molecular weight excluding hydrogens is 444 g/mol. The number of benzene rings is 3. The van der Waals surface area contributed by atoms with Gasteiger partial charge in [-0.1, -0.05) is 36.4 Å². The van der Waals surface area contributed by atoms with Crippen LogP contribution in [0, 0.1) is 6.92 Å². The number of amides is 1. The van der Waals surface area contributed by atoms with Crippen molar-refractivity contribution in [3.8, 4) is 0 Å². The highest BCUT2D eigenvalue weighted by molar-refractivity contribution is 7.09. The highest BCUT2D eigenvalue weighted by Gasteiger charge is 2.13. The Labute approximate surface area is 200 Å². The number of hydrogen-bond donors (Lipinski definition) is 2. The zero-order valence-corrected chi connectivity index (χ0v) is 19.1. The Morgan fingerprint density at radius 3 is 2.50 bits per heavy atom. The molecule has 0 atom stereocenters. The molecule has 34 heavy (non-hydrogen) atoms. The molecule has 2 N–H and O–H groups in total. The van der Waals surface area contributed by atoms with Gasteiger partial charge in [0.15, 0.2) is 5.78 Å². The van der Waals surface area contributed by atoms with E-state index in [2.05, 4.69) is 20.5 Å². The first-order chi connectivity index (χ1) is 16.6. The van der Waals surface area contributed by atoms with Gasteiger partial charge < -0.3 is 5.32 Å². The van der Waals surface area contributed by atoms with Gasteiger partial charge in [-0.25, -0.2) is 4.98 Å². The monoisotopic (exact) mass is 464 g/mol. The average molecular weight is 465 g/mol. The first-order valence-electron chi connectivity index (χ1n) is 10.7. The summed E-state index contributed by atoms with van der Waals surface area (Å²) in [7, 11) is 0. The number of nitrogens with one attached hydrogen (secondary N) is 2. The van der Waals surface area contributed by atoms with Crippen molar-refractivity contribution in [1.82, 2.24) is 15.2 Å². The number of fused-ring (bicyclic) bond motifs is 1. The highest BCUT2D eigenvalue weighted by Crippen LogP contribution is 2.22. The molecule has 0 saturated carbocycles. The smallest absolute Gasteiger partial charge is 0.255 e. The van der Waals surface area contributed by atoms with Crippen LogP contribution in [-0.2, 0) is 0 Å². The Morgan fingerprint density at radius 2 is 1.71 bits per heavy atom. The van der Waals surface area contributed by atoms with Crippen molar-refractivity contribution >= 4 is 51.8 Å². The Hall–Kier alpha value is -4.36. The summed E-state index contributed by atoms with van der Waals surface area (Å²) in [6.45, 7) is 1.97. The number of aromatic nitrogens is 3. The van der Waals surface area contributed by atoms with Gasteiger partial charge in [0.1, 0.15) is 0 Å². The van der Waals surface area contributed by atoms with Crippen LogP contribution in [0.15, 0.2) is 78.2 Å². The topological polar surface area (TPSA) is 87.7 Å². The summed E-state index contributed by atoms with van der Waals surface area (Å²) in [4.78, 5) is 30.0. The third-order valence-electron chi connectivity index (χ3n) is 5.32. The van der Waals surface area contributed by atoms with E-state index >= 15 is 0 Å². The van der Waals surface area contributed by atoms with E-state index in [4.69, 9.17) is 0 Å². The minimum absolute atomic E-state index is 0.137. The maximum atomic E-state index is 13.1. The molecule has 0 fully saturated rings. The number of aryl methyl sites for hydroxylation is 1. The Balaban J connectivity index is 1.36. The summed E-state index contributed by atoms with van der Waals surface area (Å²) < 4.78 is 0. The van der Waals surface area contributed by atoms with Crippen molar-refractivity contribution < 1.29 is 9.59 Å². The predicted octanol–water partition coefficient (Wildman–Crippen LogP) is 5.98. The lowest BCUT2D eigenvalue weighted by molar-refractivity contribution is 0.102. The van der Waals surface area contributed by atoms with E-state index in [9.17, 15) is 9.59 Å². The number of anilines is 1. The maximum Gasteiger partial charge on any atom is 0.255 e. The number of carbonyl (C=O) groups excluding carboxylic acids is 2. The summed E-state index contributed by atoms with van der Waals surface area (Å²) in [5.74, 6) is -0.361. The van der Waals surface area contributed by atoms with Crippen molar-refractivity contribution in [3.63, 3.8) is 0 Å². The fourth-order valence-electron chi connectivity index (χ4n) is 3.63. The van der Waals surface area contributed by atoms with Crippen LogP contribution < -0.4 is 5.32 Å². The molecule has 0 aliphatic carbocycles. The van der Waals surface area contributed by atoms with Gasteiger partial charge in [0.05, 0.1) is 21.9 Å². The van der Waals surface area contributed by atoms with Gasteiger partial charge in [-0.15, -0.1) is 11.3 Å². The Morgan fingerprint density at radius 1 is 0.912 bits per heavy atom. The largest absolute Gasteiger partial charge is 0.322 e. The van der Waals surface area contributed by atoms with Crippen LogP contribution in [0.25, 0.3) is 23.1 Å². The minimum Gasteiger partial charge on any atom is -0.322 e. The standard InChI is InChI=1S/C27H20N4O2S/c1-17-28-22(16-34-17)11-13-24-23-12-10-20(15-25(23)31-30-24)26(32)19-8-5-9-21(14-19)29-27(33)18-6-3-2-4-7-18/h2-16H,1H3,(H,29,33)(H,30,31)/b13-11+. The van der Waals surface area contributed by atoms with Crippen LogP contribution in [0.3, 0.4) is 0 Å². The molecule has 1 amide bonds. The SMILES string of the molecule is Cc1nc(/C=C/c2n[nH]c3cc(C(=O)c4cccc(NC(=O)c5ccccc5)c4)ccc23)cs1. The second kappa shape index (κ2) is 9.25. The number of aromatic amines is 1. The molecule has 0 aliphatic heterocycles. The van der Waals surface area contributed by atoms with Gasteiger partial charge >= 0.3 is 0 Å². The number of H-pyrrole nitrogens is 1. The van der Waals surface area contributed by atoms with Crippen molar-refractivity contribution in [2.24, 2.45) is 0 Å². The number of rotatable bonds is 6. The first kappa shape index (κ1) is 21.5. The van der Waals surface area contributed by atoms with Crippen molar-refractivity contribution in [2.45, 2.75) is 6.92 Å². The molecule has 0 unspecified atom stereocenters. The molecule has 166 valence electrons. The summed E-state index contributed by atoms with van der Waals surface area (Å²) in [6.07, 6.45) is 3.83. The van der Waals surface area contributed by atoms with Crippen LogP contribution >= 0.6 is 11.3 Å². The second-order valence-corrected chi connectivity index (χ2v) is 8.79. The minimum atomic E-state index is -0.225. The number of thiazole rings is 1. The Bertz CT molecular complexity index is 1530. The van der Waals surface area contributed by atoms with Crippen molar-refractivity contribution in [1.29, 1.82) is 0 Å². The fraction of sp³-hybridized carbons (Fsp3) is 0.0370. The van der Waals surface area contributed by atoms with Gasteiger partial charge in [-0.3, -0.25) is 14.7 Å². The van der Waals surface area contributed by atoms with E-state index < -0.39 is 0 Å². The van der Waals surface area contributed by atoms with Crippen LogP contribution in [0.5, 0.6) is 0 Å². The maximum absolute atomic E-state index is 13.1. The van der Waals surface area contributed by atoms with Crippen LogP contribution in [0.2, 0.25) is 0 Å². The molecule has 2 aromatic heterocycles. The lowest BCUT2D eigenvalue weighted by atomic mass is 10.0. The molecule has 3 aromatic carbocycles. The summed E-state index contributed by atoms with van der Waals surface area (Å²) in [6, 6.07) is 21.4. The third kappa shape index (κ3) is 4.55. The summed E-state index contributed by atoms with van der Waals surface area (Å²) in [5.41, 5.74) is 4.59. The van der Waals surface area contributed by atoms with Gasteiger partial charge in [0.2, 0.25) is 0 Å². The zero-order valence-electron chi connectivity index (χ0n) is 18.3. The third-order valence-corrected chi connectivity index (χ3v) is 6.11. The van der Waals surface area contributed by atoms with E-state index in [1.165, 1.54) is 0 Å². The van der Waals surface area contributed by atoms with Gasteiger partial charge in [0.25, 0.3) is 5.91 Å². The van der Waals surface area contributed by atoms with E-state index in [-0.39, 0.29) is 11.7 Å². The molecule has 0 aliphatic rings. The molecule has 0 radical (unpaired) electrons. The van der Waals surface area contributed by atoms with Crippen LogP contribution in [-0.4, -0.2) is 26.9 Å². The molecule has 0 spiro atoms. The summed E-state index contributed by atoms with van der Waals surface area (Å²) >= 11 is 1.60. The van der Waals surface area contributed by atoms with E-state index in [1.54, 1.807) is 59.9 Å². The number of carbonyl (C=O) groups is 2. The molecule has 2 heterocycles. The lowest BCUT2D eigenvalue weighted by Gasteiger charge is -2.07. The number of hydrogen-bond acceptors (Lipinski definition) is 5. The quantitative estimate of drug-likeness (QED) is 0.303. The average Bonchev–Trinajstić information content (AvgIpc) is 3.48. The molecule has 0 bridgehead atoms. The number of ketones is 1. The fourth-order valence-corrected chi connectivity index (χ4v) is 4.21. The van der Waals surface area contributed by atoms with E-state index in [1.807, 2.05) is 48.7 Å². The molecule has 5 aromatic rings. The molecular formula is C27H20N4O2S. The van der Waals surface area contributed by atoms with E-state index in [0.717, 1.165) is 27.3 Å². The molecule has 6 nitrogen and oxygen atoms in total. The second-order valence-electron chi connectivity index (χ2n) is 7.72. The van der Waals surface area contributed by atoms with Gasteiger partial charge in [-0.05, 0) is 55.5 Å².